The van der Waals surface area contributed by atoms with Crippen LogP contribution in [0.4, 0.5) is 5.00 Å². The molecule has 0 aliphatic heterocycles. The summed E-state index contributed by atoms with van der Waals surface area (Å²) in [4.78, 5) is 27.3. The number of amides is 1. The number of hydrogen-bond donors (Lipinski definition) is 1. The Morgan fingerprint density at radius 1 is 1.15 bits per heavy atom. The Kier molecular flexibility index (Phi) is 7.35. The second kappa shape index (κ2) is 9.95. The smallest absolute Gasteiger partial charge is 0.341 e. The number of fused-ring (bicyclic) bond motifs is 1. The van der Waals surface area contributed by atoms with Crippen LogP contribution in [0.3, 0.4) is 0 Å². The second-order valence-electron chi connectivity index (χ2n) is 6.45. The molecule has 0 saturated heterocycles. The van der Waals surface area contributed by atoms with Crippen molar-refractivity contribution in [3.8, 4) is 0 Å². The molecule has 0 unspecified atom stereocenters. The van der Waals surface area contributed by atoms with Crippen LogP contribution in [-0.4, -0.2) is 24.2 Å². The van der Waals surface area contributed by atoms with Crippen molar-refractivity contribution in [1.82, 2.24) is 0 Å². The first-order chi connectivity index (χ1) is 13.2. The maximum atomic E-state index is 12.5. The van der Waals surface area contributed by atoms with Gasteiger partial charge < -0.3 is 10.1 Å². The molecule has 1 heterocycles. The van der Waals surface area contributed by atoms with Crippen molar-refractivity contribution in [3.05, 3.63) is 46.3 Å². The lowest BCUT2D eigenvalue weighted by Gasteiger charge is -2.08. The van der Waals surface area contributed by atoms with Crippen LogP contribution in [0, 0.1) is 0 Å². The molecule has 0 spiro atoms. The molecule has 6 heteroatoms. The summed E-state index contributed by atoms with van der Waals surface area (Å²) in [5.41, 5.74) is 1.67. The highest BCUT2D eigenvalue weighted by Crippen LogP contribution is 2.38. The zero-order valence-electron chi connectivity index (χ0n) is 15.6. The molecular weight excluding hydrogens is 378 g/mol. The maximum Gasteiger partial charge on any atom is 0.341 e. The van der Waals surface area contributed by atoms with Gasteiger partial charge >= 0.3 is 5.97 Å². The van der Waals surface area contributed by atoms with Crippen molar-refractivity contribution < 1.29 is 14.3 Å². The van der Waals surface area contributed by atoms with E-state index in [1.807, 2.05) is 37.3 Å². The van der Waals surface area contributed by atoms with E-state index in [0.29, 0.717) is 29.3 Å². The Morgan fingerprint density at radius 2 is 1.93 bits per heavy atom. The molecule has 0 bridgehead atoms. The Balaban J connectivity index is 1.67. The van der Waals surface area contributed by atoms with Gasteiger partial charge in [0, 0.05) is 21.9 Å². The lowest BCUT2D eigenvalue weighted by atomic mass is 10.1. The molecule has 3 rings (SSSR count). The fourth-order valence-electron chi connectivity index (χ4n) is 3.22. The number of hydrogen-bond acceptors (Lipinski definition) is 5. The number of anilines is 1. The number of thiophene rings is 1. The first-order valence-corrected chi connectivity index (χ1v) is 11.3. The third-order valence-electron chi connectivity index (χ3n) is 4.49. The van der Waals surface area contributed by atoms with Crippen LogP contribution in [0.25, 0.3) is 0 Å². The number of rotatable bonds is 7. The topological polar surface area (TPSA) is 55.4 Å². The largest absolute Gasteiger partial charge is 0.462 e. The van der Waals surface area contributed by atoms with Gasteiger partial charge in [-0.3, -0.25) is 4.79 Å². The molecule has 1 aliphatic carbocycles. The van der Waals surface area contributed by atoms with Crippen LogP contribution in [0.15, 0.2) is 35.2 Å². The molecule has 144 valence electrons. The molecule has 1 N–H and O–H groups in total. The average Bonchev–Trinajstić information content (AvgIpc) is 2.83. The minimum absolute atomic E-state index is 0.0552. The van der Waals surface area contributed by atoms with E-state index in [9.17, 15) is 9.59 Å². The van der Waals surface area contributed by atoms with Crippen LogP contribution in [0.5, 0.6) is 0 Å². The third kappa shape index (κ3) is 5.36. The van der Waals surface area contributed by atoms with Crippen LogP contribution in [-0.2, 0) is 22.4 Å². The highest BCUT2D eigenvalue weighted by atomic mass is 32.2. The molecule has 0 atom stereocenters. The number of carbonyl (C=O) groups is 2. The minimum Gasteiger partial charge on any atom is -0.462 e. The fourth-order valence-corrected chi connectivity index (χ4v) is 5.38. The molecular formula is C21H25NO3S2. The number of ether oxygens (including phenoxy) is 1. The van der Waals surface area contributed by atoms with E-state index < -0.39 is 0 Å². The second-order valence-corrected chi connectivity index (χ2v) is 8.72. The summed E-state index contributed by atoms with van der Waals surface area (Å²) < 4.78 is 5.27. The monoisotopic (exact) mass is 403 g/mol. The van der Waals surface area contributed by atoms with E-state index in [0.717, 1.165) is 36.1 Å². The summed E-state index contributed by atoms with van der Waals surface area (Å²) in [6, 6.07) is 10.0. The standard InChI is InChI=1S/C21H25NO3S2/c1-2-25-21(24)19-16-11-7-4-8-12-17(16)27-20(19)22-18(23)13-14-26-15-9-5-3-6-10-15/h3,5-6,9-10H,2,4,7-8,11-14H2,1H3,(H,22,23). The van der Waals surface area contributed by atoms with E-state index >= 15 is 0 Å². The molecule has 1 aromatic carbocycles. The Labute approximate surface area is 168 Å². The van der Waals surface area contributed by atoms with Gasteiger partial charge in [-0.05, 0) is 50.3 Å². The summed E-state index contributed by atoms with van der Waals surface area (Å²) in [6.45, 7) is 2.15. The van der Waals surface area contributed by atoms with E-state index in [1.54, 1.807) is 23.1 Å². The van der Waals surface area contributed by atoms with Gasteiger partial charge in [0.05, 0.1) is 12.2 Å². The highest BCUT2D eigenvalue weighted by Gasteiger charge is 2.26. The normalized spacial score (nSPS) is 13.5. The summed E-state index contributed by atoms with van der Waals surface area (Å²) in [7, 11) is 0. The molecule has 0 saturated carbocycles. The van der Waals surface area contributed by atoms with Gasteiger partial charge in [0.2, 0.25) is 5.91 Å². The minimum atomic E-state index is -0.314. The van der Waals surface area contributed by atoms with E-state index in [1.165, 1.54) is 11.3 Å². The molecule has 4 nitrogen and oxygen atoms in total. The first kappa shape index (κ1) is 20.0. The number of esters is 1. The quantitative estimate of drug-likeness (QED) is 0.386. The van der Waals surface area contributed by atoms with Crippen LogP contribution >= 0.6 is 23.1 Å². The van der Waals surface area contributed by atoms with Gasteiger partial charge in [0.15, 0.2) is 0 Å². The lowest BCUT2D eigenvalue weighted by Crippen LogP contribution is -2.15. The summed E-state index contributed by atoms with van der Waals surface area (Å²) in [5.74, 6) is 0.335. The Morgan fingerprint density at radius 3 is 2.70 bits per heavy atom. The summed E-state index contributed by atoms with van der Waals surface area (Å²) >= 11 is 3.21. The van der Waals surface area contributed by atoms with Crippen molar-refractivity contribution >= 4 is 40.0 Å². The van der Waals surface area contributed by atoms with Crippen LogP contribution in [0.1, 0.15) is 53.4 Å². The van der Waals surface area contributed by atoms with Gasteiger partial charge in [-0.2, -0.15) is 0 Å². The molecule has 1 aliphatic rings. The van der Waals surface area contributed by atoms with Crippen molar-refractivity contribution in [1.29, 1.82) is 0 Å². The molecule has 0 fully saturated rings. The van der Waals surface area contributed by atoms with Crippen molar-refractivity contribution in [2.24, 2.45) is 0 Å². The number of aryl methyl sites for hydroxylation is 1. The van der Waals surface area contributed by atoms with Crippen molar-refractivity contribution in [2.45, 2.75) is 50.3 Å². The average molecular weight is 404 g/mol. The Hall–Kier alpha value is -1.79. The van der Waals surface area contributed by atoms with Gasteiger partial charge in [0.25, 0.3) is 0 Å². The number of thioether (sulfide) groups is 1. The van der Waals surface area contributed by atoms with Crippen molar-refractivity contribution in [3.63, 3.8) is 0 Å². The zero-order valence-corrected chi connectivity index (χ0v) is 17.2. The van der Waals surface area contributed by atoms with Gasteiger partial charge in [-0.1, -0.05) is 24.6 Å². The van der Waals surface area contributed by atoms with E-state index in [4.69, 9.17) is 4.74 Å². The third-order valence-corrected chi connectivity index (χ3v) is 6.72. The van der Waals surface area contributed by atoms with Crippen molar-refractivity contribution in [2.75, 3.05) is 17.7 Å². The molecule has 1 amide bonds. The number of benzene rings is 1. The lowest BCUT2D eigenvalue weighted by molar-refractivity contribution is -0.115. The predicted molar refractivity (Wildman–Crippen MR) is 112 cm³/mol. The molecule has 0 radical (unpaired) electrons. The zero-order chi connectivity index (χ0) is 19.1. The predicted octanol–water partition coefficient (Wildman–Crippen LogP) is 5.31. The van der Waals surface area contributed by atoms with Gasteiger partial charge in [-0.15, -0.1) is 23.1 Å². The summed E-state index contributed by atoms with van der Waals surface area (Å²) in [6.07, 6.45) is 5.67. The molecule has 1 aromatic heterocycles. The first-order valence-electron chi connectivity index (χ1n) is 9.48. The van der Waals surface area contributed by atoms with E-state index in [-0.39, 0.29) is 11.9 Å². The highest BCUT2D eigenvalue weighted by molar-refractivity contribution is 7.99. The van der Waals surface area contributed by atoms with Crippen LogP contribution < -0.4 is 5.32 Å². The maximum absolute atomic E-state index is 12.5. The van der Waals surface area contributed by atoms with Gasteiger partial charge in [-0.25, -0.2) is 4.79 Å². The van der Waals surface area contributed by atoms with Gasteiger partial charge in [0.1, 0.15) is 5.00 Å². The van der Waals surface area contributed by atoms with Crippen LogP contribution in [0.2, 0.25) is 0 Å². The Bertz CT molecular complexity index is 786. The molecule has 2 aromatic rings. The van der Waals surface area contributed by atoms with E-state index in [2.05, 4.69) is 5.32 Å². The SMILES string of the molecule is CCOC(=O)c1c(NC(=O)CCSc2ccccc2)sc2c1CCCCC2. The number of carbonyl (C=O) groups excluding carboxylic acids is 2. The number of nitrogens with one attached hydrogen (secondary N) is 1. The molecule has 27 heavy (non-hydrogen) atoms. The summed E-state index contributed by atoms with van der Waals surface area (Å²) in [5, 5.41) is 3.64. The fraction of sp³-hybridized carbons (Fsp3) is 0.429.